The van der Waals surface area contributed by atoms with Gasteiger partial charge in [-0.1, -0.05) is 170 Å². The fraction of sp³-hybridized carbons (Fsp3) is 0. The van der Waals surface area contributed by atoms with Gasteiger partial charge < -0.3 is 9.47 Å². The summed E-state index contributed by atoms with van der Waals surface area (Å²) in [5, 5.41) is 7.63. The molecule has 0 radical (unpaired) electrons. The third kappa shape index (κ3) is 5.77. The number of benzene rings is 10. The van der Waals surface area contributed by atoms with E-state index in [2.05, 4.69) is 240 Å². The highest BCUT2D eigenvalue weighted by Gasteiger charge is 2.24. The van der Waals surface area contributed by atoms with Crippen molar-refractivity contribution in [2.75, 3.05) is 4.90 Å². The molecule has 13 aromatic rings. The molecule has 0 amide bonds. The van der Waals surface area contributed by atoms with E-state index in [-0.39, 0.29) is 0 Å². The van der Waals surface area contributed by atoms with Crippen molar-refractivity contribution in [1.29, 1.82) is 0 Å². The number of rotatable bonds is 7. The molecule has 0 aliphatic rings. The van der Waals surface area contributed by atoms with Crippen LogP contribution in [0.2, 0.25) is 0 Å². The standard InChI is InChI=1S/C60H38N2S2/c1-3-18-39(19-4-1)42-22-7-11-30-52(42)61(40-20-5-2-6-21-40)54-32-17-33-55-58(54)50-25-8-12-31-53(50)62(55)41-36-37-43(46-26-15-27-47-44-23-9-13-34-56(44)63-59(46)47)51(38-41)49-29-16-28-48-45-24-10-14-35-57(45)64-60(48)49/h1-38H. The lowest BCUT2D eigenvalue weighted by atomic mass is 9.92. The third-order valence-electron chi connectivity index (χ3n) is 12.8. The molecule has 64 heavy (non-hydrogen) atoms. The zero-order valence-electron chi connectivity index (χ0n) is 34.7. The highest BCUT2D eigenvalue weighted by atomic mass is 32.1. The maximum Gasteiger partial charge on any atom is 0.0562 e. The minimum atomic E-state index is 1.11. The van der Waals surface area contributed by atoms with Gasteiger partial charge in [0.1, 0.15) is 0 Å². The second-order valence-electron chi connectivity index (χ2n) is 16.4. The summed E-state index contributed by atoms with van der Waals surface area (Å²) in [6, 6.07) is 84.6. The van der Waals surface area contributed by atoms with Gasteiger partial charge in [0.05, 0.1) is 22.4 Å². The lowest BCUT2D eigenvalue weighted by molar-refractivity contribution is 1.18. The van der Waals surface area contributed by atoms with Gasteiger partial charge in [-0.3, -0.25) is 0 Å². The molecule has 0 bridgehead atoms. The van der Waals surface area contributed by atoms with Gasteiger partial charge in [0.15, 0.2) is 0 Å². The smallest absolute Gasteiger partial charge is 0.0562 e. The minimum absolute atomic E-state index is 1.11. The topological polar surface area (TPSA) is 8.17 Å². The van der Waals surface area contributed by atoms with E-state index in [1.807, 2.05) is 22.7 Å². The zero-order valence-corrected chi connectivity index (χ0v) is 36.3. The Bertz CT molecular complexity index is 3910. The van der Waals surface area contributed by atoms with Crippen molar-refractivity contribution in [1.82, 2.24) is 4.57 Å². The Morgan fingerprint density at radius 3 is 1.56 bits per heavy atom. The molecule has 0 unspecified atom stereocenters. The molecule has 0 atom stereocenters. The van der Waals surface area contributed by atoms with Crippen molar-refractivity contribution in [3.05, 3.63) is 231 Å². The maximum atomic E-state index is 2.48. The first-order valence-corrected chi connectivity index (χ1v) is 23.4. The van der Waals surface area contributed by atoms with Gasteiger partial charge in [-0.15, -0.1) is 22.7 Å². The average molecular weight is 851 g/mol. The molecule has 0 saturated carbocycles. The predicted octanol–water partition coefficient (Wildman–Crippen LogP) is 18.0. The molecule has 300 valence electrons. The van der Waals surface area contributed by atoms with Crippen molar-refractivity contribution in [3.63, 3.8) is 0 Å². The molecule has 2 nitrogen and oxygen atoms in total. The van der Waals surface area contributed by atoms with E-state index in [1.165, 1.54) is 90.0 Å². The van der Waals surface area contributed by atoms with Crippen LogP contribution in [0.5, 0.6) is 0 Å². The van der Waals surface area contributed by atoms with Gasteiger partial charge in [-0.25, -0.2) is 0 Å². The van der Waals surface area contributed by atoms with Crippen LogP contribution in [-0.2, 0) is 0 Å². The normalized spacial score (nSPS) is 11.8. The largest absolute Gasteiger partial charge is 0.309 e. The Balaban J connectivity index is 1.09. The number of para-hydroxylation sites is 3. The van der Waals surface area contributed by atoms with Crippen LogP contribution in [0, 0.1) is 0 Å². The van der Waals surface area contributed by atoms with E-state index in [0.717, 1.165) is 28.3 Å². The average Bonchev–Trinajstić information content (AvgIpc) is 4.05. The van der Waals surface area contributed by atoms with Crippen molar-refractivity contribution >= 4 is 102 Å². The molecule has 13 rings (SSSR count). The predicted molar refractivity (Wildman–Crippen MR) is 278 cm³/mol. The van der Waals surface area contributed by atoms with Crippen LogP contribution in [0.3, 0.4) is 0 Å². The summed E-state index contributed by atoms with van der Waals surface area (Å²) in [4.78, 5) is 2.45. The van der Waals surface area contributed by atoms with Gasteiger partial charge >= 0.3 is 0 Å². The lowest BCUT2D eigenvalue weighted by Gasteiger charge is -2.28. The first-order chi connectivity index (χ1) is 31.8. The van der Waals surface area contributed by atoms with Crippen molar-refractivity contribution in [2.24, 2.45) is 0 Å². The molecule has 3 aromatic heterocycles. The zero-order chi connectivity index (χ0) is 42.1. The van der Waals surface area contributed by atoms with E-state index in [0.29, 0.717) is 0 Å². The van der Waals surface area contributed by atoms with E-state index in [9.17, 15) is 0 Å². The third-order valence-corrected chi connectivity index (χ3v) is 15.3. The van der Waals surface area contributed by atoms with Crippen molar-refractivity contribution in [2.45, 2.75) is 0 Å². The molecular weight excluding hydrogens is 813 g/mol. The maximum absolute atomic E-state index is 2.48. The van der Waals surface area contributed by atoms with Crippen LogP contribution in [0.25, 0.3) is 101 Å². The van der Waals surface area contributed by atoms with Gasteiger partial charge in [-0.2, -0.15) is 0 Å². The summed E-state index contributed by atoms with van der Waals surface area (Å²) in [5.41, 5.74) is 14.1. The summed E-state index contributed by atoms with van der Waals surface area (Å²) >= 11 is 3.79. The molecule has 0 spiro atoms. The molecule has 0 saturated heterocycles. The lowest BCUT2D eigenvalue weighted by Crippen LogP contribution is -2.11. The van der Waals surface area contributed by atoms with Crippen LogP contribution in [0.4, 0.5) is 17.1 Å². The first kappa shape index (κ1) is 36.9. The molecule has 4 heteroatoms. The monoisotopic (exact) mass is 850 g/mol. The Kier molecular flexibility index (Phi) is 8.61. The second kappa shape index (κ2) is 15.0. The van der Waals surface area contributed by atoms with Gasteiger partial charge in [0.2, 0.25) is 0 Å². The van der Waals surface area contributed by atoms with E-state index < -0.39 is 0 Å². The summed E-state index contributed by atoms with van der Waals surface area (Å²) in [6.45, 7) is 0. The van der Waals surface area contributed by atoms with Crippen LogP contribution >= 0.6 is 22.7 Å². The highest BCUT2D eigenvalue weighted by Crippen LogP contribution is 2.49. The summed E-state index contributed by atoms with van der Waals surface area (Å²) < 4.78 is 7.73. The molecule has 0 N–H and O–H groups in total. The van der Waals surface area contributed by atoms with Crippen molar-refractivity contribution in [3.8, 4) is 39.1 Å². The molecule has 0 aliphatic heterocycles. The first-order valence-electron chi connectivity index (χ1n) is 21.8. The van der Waals surface area contributed by atoms with Gasteiger partial charge in [0.25, 0.3) is 0 Å². The Morgan fingerprint density at radius 2 is 0.844 bits per heavy atom. The fourth-order valence-corrected chi connectivity index (χ4v) is 12.5. The van der Waals surface area contributed by atoms with E-state index >= 15 is 0 Å². The van der Waals surface area contributed by atoms with E-state index in [1.54, 1.807) is 0 Å². The summed E-state index contributed by atoms with van der Waals surface area (Å²) in [7, 11) is 0. The minimum Gasteiger partial charge on any atom is -0.309 e. The quantitative estimate of drug-likeness (QED) is 0.155. The molecule has 10 aromatic carbocycles. The Hall–Kier alpha value is -7.76. The Morgan fingerprint density at radius 1 is 0.328 bits per heavy atom. The molecule has 3 heterocycles. The number of aromatic nitrogens is 1. The van der Waals surface area contributed by atoms with Crippen LogP contribution in [0.15, 0.2) is 231 Å². The number of nitrogens with zero attached hydrogens (tertiary/aromatic N) is 2. The Labute approximate surface area is 378 Å². The fourth-order valence-electron chi connectivity index (χ4n) is 10.0. The summed E-state index contributed by atoms with van der Waals surface area (Å²) in [5.74, 6) is 0. The van der Waals surface area contributed by atoms with Gasteiger partial charge in [-0.05, 0) is 77.4 Å². The number of anilines is 3. The van der Waals surface area contributed by atoms with Crippen LogP contribution < -0.4 is 4.90 Å². The number of fused-ring (bicyclic) bond motifs is 9. The van der Waals surface area contributed by atoms with Gasteiger partial charge in [0, 0.05) is 79.2 Å². The van der Waals surface area contributed by atoms with Crippen molar-refractivity contribution < 1.29 is 0 Å². The highest BCUT2D eigenvalue weighted by molar-refractivity contribution is 7.26. The number of hydrogen-bond acceptors (Lipinski definition) is 3. The van der Waals surface area contributed by atoms with Crippen LogP contribution in [0.1, 0.15) is 0 Å². The molecular formula is C60H38N2S2. The SMILES string of the molecule is c1ccc(-c2ccccc2N(c2ccccc2)c2cccc3c2c2ccccc2n3-c2ccc(-c3cccc4c3sc3ccccc34)c(-c3cccc4c3sc3ccccc34)c2)cc1. The van der Waals surface area contributed by atoms with Crippen LogP contribution in [-0.4, -0.2) is 4.57 Å². The number of thiophene rings is 2. The number of hydrogen-bond donors (Lipinski definition) is 0. The second-order valence-corrected chi connectivity index (χ2v) is 18.5. The summed E-state index contributed by atoms with van der Waals surface area (Å²) in [6.07, 6.45) is 0. The molecule has 0 fully saturated rings. The van der Waals surface area contributed by atoms with E-state index in [4.69, 9.17) is 0 Å². The molecule has 0 aliphatic carbocycles.